The molecule has 0 aromatic heterocycles. The molecule has 0 amide bonds. The molecule has 0 aromatic rings. The minimum atomic E-state index is -0.665. The van der Waals surface area contributed by atoms with Gasteiger partial charge >= 0.3 is 0 Å². The molecule has 48 heavy (non-hydrogen) atoms. The van der Waals surface area contributed by atoms with Crippen LogP contribution in [0.25, 0.3) is 0 Å². The van der Waals surface area contributed by atoms with E-state index in [1.807, 2.05) is 0 Å². The van der Waals surface area contributed by atoms with Gasteiger partial charge in [0.2, 0.25) is 0 Å². The van der Waals surface area contributed by atoms with E-state index >= 15 is 0 Å². The molecule has 2 N–H and O–H groups in total. The molecule has 2 saturated heterocycles. The molecule has 6 heteroatoms. The van der Waals surface area contributed by atoms with Gasteiger partial charge in [0.1, 0.15) is 6.48 Å². The third kappa shape index (κ3) is 18.7. The Hall–Kier alpha value is 1.01. The van der Waals surface area contributed by atoms with Crippen molar-refractivity contribution in [2.75, 3.05) is 13.1 Å². The van der Waals surface area contributed by atoms with Crippen molar-refractivity contribution in [1.29, 1.82) is 0 Å². The van der Waals surface area contributed by atoms with Gasteiger partial charge in [0.15, 0.2) is 0 Å². The summed E-state index contributed by atoms with van der Waals surface area (Å²) in [5, 5.41) is 0. The third-order valence-electron chi connectivity index (χ3n) is 11.9. The second kappa shape index (κ2) is 29.5. The van der Waals surface area contributed by atoms with Crippen molar-refractivity contribution in [2.45, 2.75) is 257 Å². The quantitative estimate of drug-likeness (QED) is 0.0424. The Bertz CT molecular complexity index is 635. The Balaban J connectivity index is 2.09. The molecule has 0 atom stereocenters. The molecule has 0 spiro atoms. The van der Waals surface area contributed by atoms with Crippen LogP contribution in [0.4, 0.5) is 0 Å². The average molecular weight is 728 g/mol. The highest BCUT2D eigenvalue weighted by atomic mass is 33.1. The predicted molar refractivity (Wildman–Crippen MR) is 225 cm³/mol. The van der Waals surface area contributed by atoms with Crippen LogP contribution in [0, 0.1) is 0 Å². The van der Waals surface area contributed by atoms with Gasteiger partial charge in [0.05, 0.1) is 0 Å². The lowest BCUT2D eigenvalue weighted by Gasteiger charge is -2.50. The van der Waals surface area contributed by atoms with Gasteiger partial charge in [-0.3, -0.25) is 5.50 Å². The summed E-state index contributed by atoms with van der Waals surface area (Å²) in [6, 6.07) is 0. The van der Waals surface area contributed by atoms with Gasteiger partial charge in [0.25, 0.3) is 0 Å². The van der Waals surface area contributed by atoms with Crippen LogP contribution in [-0.2, 0) is 0 Å². The van der Waals surface area contributed by atoms with Gasteiger partial charge < -0.3 is 0 Å². The fourth-order valence-electron chi connectivity index (χ4n) is 8.79. The molecule has 0 aliphatic carbocycles. The Morgan fingerprint density at radius 3 is 0.979 bits per heavy atom. The fraction of sp³-hybridized carbons (Fsp3) is 1.00. The van der Waals surface area contributed by atoms with Crippen LogP contribution in [0.15, 0.2) is 0 Å². The van der Waals surface area contributed by atoms with Crippen molar-refractivity contribution in [3.05, 3.63) is 0 Å². The number of nitrogens with zero attached hydrogens (tertiary/aromatic N) is 2. The van der Waals surface area contributed by atoms with E-state index in [9.17, 15) is 0 Å². The summed E-state index contributed by atoms with van der Waals surface area (Å²) in [6.07, 6.45) is 47.8. The molecule has 2 rings (SSSR count). The molecule has 0 radical (unpaired) electrons. The second-order valence-electron chi connectivity index (χ2n) is 16.1. The van der Waals surface area contributed by atoms with Crippen LogP contribution in [0.3, 0.4) is 0 Å². The first-order valence-corrected chi connectivity index (χ1v) is 26.2. The fourth-order valence-corrected chi connectivity index (χ4v) is 15.0. The topological polar surface area (TPSA) is 32.5 Å². The van der Waals surface area contributed by atoms with Crippen LogP contribution < -0.4 is 5.50 Å². The Morgan fingerprint density at radius 2 is 0.688 bits per heavy atom. The van der Waals surface area contributed by atoms with Gasteiger partial charge in [-0.1, -0.05) is 195 Å². The number of piperidine rings is 2. The molecular formula is C42H86N3PS2. The van der Waals surface area contributed by atoms with E-state index in [0.717, 1.165) is 0 Å². The monoisotopic (exact) mass is 728 g/mol. The lowest BCUT2D eigenvalue weighted by atomic mass is 9.79. The smallest absolute Gasteiger partial charge is 0.114 e. The van der Waals surface area contributed by atoms with E-state index in [1.165, 1.54) is 231 Å². The van der Waals surface area contributed by atoms with Crippen LogP contribution >= 0.6 is 29.6 Å². The molecule has 3 nitrogen and oxygen atoms in total. The Morgan fingerprint density at radius 1 is 0.417 bits per heavy atom. The average Bonchev–Trinajstić information content (AvgIpc) is 3.09. The van der Waals surface area contributed by atoms with Crippen molar-refractivity contribution in [3.8, 4) is 0 Å². The number of rotatable bonds is 32. The van der Waals surface area contributed by atoms with Crippen LogP contribution in [0.5, 0.6) is 0 Å². The predicted octanol–water partition coefficient (Wildman–Crippen LogP) is 15.9. The van der Waals surface area contributed by atoms with Gasteiger partial charge in [-0.15, -0.1) is 0 Å². The van der Waals surface area contributed by atoms with Crippen molar-refractivity contribution < 1.29 is 0 Å². The first kappa shape index (κ1) is 45.2. The van der Waals surface area contributed by atoms with E-state index < -0.39 is 6.48 Å². The highest BCUT2D eigenvalue weighted by molar-refractivity contribution is 8.86. The molecular weight excluding hydrogens is 642 g/mol. The van der Waals surface area contributed by atoms with E-state index in [2.05, 4.69) is 59.4 Å². The number of hydrogen-bond donors (Lipinski definition) is 1. The minimum Gasteiger partial charge on any atom is -0.291 e. The van der Waals surface area contributed by atoms with Crippen LogP contribution in [0.1, 0.15) is 246 Å². The van der Waals surface area contributed by atoms with Crippen LogP contribution in [0.2, 0.25) is 0 Å². The highest BCUT2D eigenvalue weighted by Crippen LogP contribution is 2.62. The number of unbranched alkanes of at least 4 members (excludes halogenated alkanes) is 20. The van der Waals surface area contributed by atoms with Gasteiger partial charge in [-0.2, -0.15) is 0 Å². The lowest BCUT2D eigenvalue weighted by Crippen LogP contribution is -2.49. The van der Waals surface area contributed by atoms with Gasteiger partial charge in [-0.25, -0.2) is 8.61 Å². The molecule has 2 aliphatic heterocycles. The highest BCUT2D eigenvalue weighted by Gasteiger charge is 2.42. The SMILES string of the molecule is CCCCCCCCC1(CCCCCCCC)CCCCN1SP(N)SN1CCCCC1(CCCCCCCC)CCCCCCCC. The normalized spacial score (nSPS) is 18.6. The summed E-state index contributed by atoms with van der Waals surface area (Å²) in [5.41, 5.74) is 8.09. The summed E-state index contributed by atoms with van der Waals surface area (Å²) in [4.78, 5) is 0. The summed E-state index contributed by atoms with van der Waals surface area (Å²) in [5.74, 6) is 0. The zero-order valence-electron chi connectivity index (χ0n) is 33.2. The summed E-state index contributed by atoms with van der Waals surface area (Å²) in [6.45, 7) is 11.2. The maximum Gasteiger partial charge on any atom is 0.114 e. The maximum absolute atomic E-state index is 7.32. The van der Waals surface area contributed by atoms with Crippen LogP contribution in [-0.4, -0.2) is 32.8 Å². The molecule has 286 valence electrons. The Labute approximate surface area is 312 Å². The van der Waals surface area contributed by atoms with Crippen molar-refractivity contribution in [1.82, 2.24) is 8.61 Å². The first-order valence-electron chi connectivity index (χ1n) is 22.0. The van der Waals surface area contributed by atoms with E-state index in [1.54, 1.807) is 0 Å². The molecule has 2 aliphatic rings. The van der Waals surface area contributed by atoms with Gasteiger partial charge in [0, 0.05) is 24.2 Å². The summed E-state index contributed by atoms with van der Waals surface area (Å²) in [7, 11) is 0. The standard InChI is InChI=1S/C42H86N3PS2/c1-5-9-13-17-21-25-33-41(34-26-22-18-14-10-6-2)37-29-31-39-44(41)47-46(43)48-45-40-32-30-38-42(45,35-27-23-19-15-11-7-3)36-28-24-20-16-12-8-4/h5-40,43H2,1-4H3. The van der Waals surface area contributed by atoms with Crippen molar-refractivity contribution in [2.24, 2.45) is 5.50 Å². The molecule has 0 aromatic carbocycles. The maximum atomic E-state index is 7.32. The van der Waals surface area contributed by atoms with E-state index in [0.29, 0.717) is 11.1 Å². The zero-order chi connectivity index (χ0) is 34.6. The first-order chi connectivity index (χ1) is 23.6. The molecule has 2 fully saturated rings. The molecule has 2 heterocycles. The largest absolute Gasteiger partial charge is 0.291 e. The van der Waals surface area contributed by atoms with Crippen molar-refractivity contribution >= 4 is 29.6 Å². The van der Waals surface area contributed by atoms with E-state index in [-0.39, 0.29) is 0 Å². The Kier molecular flexibility index (Phi) is 27.7. The molecule has 0 unspecified atom stereocenters. The summed E-state index contributed by atoms with van der Waals surface area (Å²) < 4.78 is 5.83. The zero-order valence-corrected chi connectivity index (χ0v) is 35.7. The van der Waals surface area contributed by atoms with E-state index in [4.69, 9.17) is 5.50 Å². The molecule has 0 saturated carbocycles. The molecule has 0 bridgehead atoms. The lowest BCUT2D eigenvalue weighted by molar-refractivity contribution is 0.115. The third-order valence-corrected chi connectivity index (χ3v) is 17.1. The van der Waals surface area contributed by atoms with Gasteiger partial charge in [-0.05, 0) is 74.5 Å². The number of hydrogen-bond acceptors (Lipinski definition) is 5. The van der Waals surface area contributed by atoms with Crippen molar-refractivity contribution in [3.63, 3.8) is 0 Å². The minimum absolute atomic E-state index is 0.384. The number of nitrogens with two attached hydrogens (primary N) is 1. The summed E-state index contributed by atoms with van der Waals surface area (Å²) >= 11 is 4.28. The second-order valence-corrected chi connectivity index (χ2v) is 21.9.